The summed E-state index contributed by atoms with van der Waals surface area (Å²) in [5.41, 5.74) is 2.15. The Hall–Kier alpha value is -1.97. The first kappa shape index (κ1) is 18.8. The van der Waals surface area contributed by atoms with Crippen LogP contribution in [0.3, 0.4) is 0 Å². The van der Waals surface area contributed by atoms with Gasteiger partial charge in [0.05, 0.1) is 22.4 Å². The number of ether oxygens (including phenoxy) is 1. The van der Waals surface area contributed by atoms with Crippen molar-refractivity contribution in [1.29, 1.82) is 0 Å². The second-order valence-corrected chi connectivity index (χ2v) is 7.06. The smallest absolute Gasteiger partial charge is 0.125 e. The van der Waals surface area contributed by atoms with Gasteiger partial charge in [-0.2, -0.15) is 0 Å². The topological polar surface area (TPSA) is 27.1 Å². The van der Waals surface area contributed by atoms with Crippen LogP contribution in [0.15, 0.2) is 61.2 Å². The Bertz CT molecular complexity index is 834. The van der Waals surface area contributed by atoms with Gasteiger partial charge < -0.3 is 9.30 Å². The van der Waals surface area contributed by atoms with Crippen LogP contribution in [0.2, 0.25) is 10.0 Å². The first-order chi connectivity index (χ1) is 12.7. The van der Waals surface area contributed by atoms with Crippen LogP contribution in [0.5, 0.6) is 5.75 Å². The van der Waals surface area contributed by atoms with Crippen LogP contribution < -0.4 is 4.74 Å². The summed E-state index contributed by atoms with van der Waals surface area (Å²) >= 11 is 12.1. The first-order valence-corrected chi connectivity index (χ1v) is 9.57. The fourth-order valence-corrected chi connectivity index (χ4v) is 3.31. The lowest BCUT2D eigenvalue weighted by atomic mass is 10.00. The summed E-state index contributed by atoms with van der Waals surface area (Å²) in [6, 6.07) is 14.0. The predicted molar refractivity (Wildman–Crippen MR) is 107 cm³/mol. The molecular formula is C21H22Cl2N2O. The zero-order chi connectivity index (χ0) is 18.4. The molecule has 0 aliphatic carbocycles. The van der Waals surface area contributed by atoms with E-state index in [4.69, 9.17) is 27.9 Å². The average Bonchev–Trinajstić information content (AvgIpc) is 3.18. The Balaban J connectivity index is 1.82. The van der Waals surface area contributed by atoms with E-state index >= 15 is 0 Å². The number of aromatic nitrogens is 2. The highest BCUT2D eigenvalue weighted by Crippen LogP contribution is 2.32. The fourth-order valence-electron chi connectivity index (χ4n) is 2.99. The van der Waals surface area contributed by atoms with Crippen LogP contribution in [0.4, 0.5) is 0 Å². The van der Waals surface area contributed by atoms with Gasteiger partial charge in [-0.25, -0.2) is 4.98 Å². The van der Waals surface area contributed by atoms with Gasteiger partial charge in [0.2, 0.25) is 0 Å². The number of para-hydroxylation sites is 1. The van der Waals surface area contributed by atoms with E-state index in [1.165, 1.54) is 5.56 Å². The quantitative estimate of drug-likeness (QED) is 0.437. The van der Waals surface area contributed by atoms with E-state index < -0.39 is 0 Å². The summed E-state index contributed by atoms with van der Waals surface area (Å²) in [7, 11) is 0. The Morgan fingerprint density at radius 3 is 2.69 bits per heavy atom. The van der Waals surface area contributed by atoms with E-state index in [-0.39, 0.29) is 6.04 Å². The highest BCUT2D eigenvalue weighted by atomic mass is 35.5. The van der Waals surface area contributed by atoms with Crippen molar-refractivity contribution >= 4 is 23.2 Å². The fraction of sp³-hybridized carbons (Fsp3) is 0.286. The molecule has 5 heteroatoms. The minimum atomic E-state index is 0.211. The van der Waals surface area contributed by atoms with Crippen molar-refractivity contribution in [3.8, 4) is 5.75 Å². The molecule has 0 spiro atoms. The van der Waals surface area contributed by atoms with Gasteiger partial charge in [0, 0.05) is 18.0 Å². The third kappa shape index (κ3) is 4.60. The Morgan fingerprint density at radius 2 is 1.96 bits per heavy atom. The number of rotatable bonds is 8. The minimum absolute atomic E-state index is 0.211. The van der Waals surface area contributed by atoms with Crippen LogP contribution in [0, 0.1) is 0 Å². The second-order valence-electron chi connectivity index (χ2n) is 6.24. The molecule has 0 bridgehead atoms. The van der Waals surface area contributed by atoms with Crippen molar-refractivity contribution in [2.45, 2.75) is 38.8 Å². The summed E-state index contributed by atoms with van der Waals surface area (Å²) in [6.07, 6.45) is 9.03. The number of imidazole rings is 1. The Labute approximate surface area is 164 Å². The molecule has 0 N–H and O–H groups in total. The summed E-state index contributed by atoms with van der Waals surface area (Å²) < 4.78 is 8.29. The number of hydrogen-bond acceptors (Lipinski definition) is 2. The van der Waals surface area contributed by atoms with Crippen molar-refractivity contribution in [3.05, 3.63) is 82.4 Å². The highest BCUT2D eigenvalue weighted by Gasteiger charge is 2.17. The number of halogens is 2. The second kappa shape index (κ2) is 9.11. The van der Waals surface area contributed by atoms with Crippen molar-refractivity contribution in [2.75, 3.05) is 0 Å². The molecule has 0 radical (unpaired) electrons. The molecule has 0 fully saturated rings. The van der Waals surface area contributed by atoms with Gasteiger partial charge in [0.1, 0.15) is 12.4 Å². The first-order valence-electron chi connectivity index (χ1n) is 8.82. The van der Waals surface area contributed by atoms with Gasteiger partial charge >= 0.3 is 0 Å². The molecule has 2 aromatic carbocycles. The van der Waals surface area contributed by atoms with Crippen LogP contribution in [-0.4, -0.2) is 9.55 Å². The lowest BCUT2D eigenvalue weighted by Crippen LogP contribution is -2.11. The normalized spacial score (nSPS) is 12.1. The maximum atomic E-state index is 6.14. The van der Waals surface area contributed by atoms with E-state index in [1.807, 2.05) is 43.0 Å². The third-order valence-electron chi connectivity index (χ3n) is 4.37. The average molecular weight is 389 g/mol. The summed E-state index contributed by atoms with van der Waals surface area (Å²) in [5, 5.41) is 1.09. The van der Waals surface area contributed by atoms with Crippen molar-refractivity contribution < 1.29 is 4.74 Å². The van der Waals surface area contributed by atoms with E-state index in [2.05, 4.69) is 28.6 Å². The molecule has 0 saturated carbocycles. The molecule has 26 heavy (non-hydrogen) atoms. The van der Waals surface area contributed by atoms with Gasteiger partial charge in [0.25, 0.3) is 0 Å². The minimum Gasteiger partial charge on any atom is -0.489 e. The van der Waals surface area contributed by atoms with E-state index in [0.717, 1.165) is 30.6 Å². The third-order valence-corrected chi connectivity index (χ3v) is 5.11. The summed E-state index contributed by atoms with van der Waals surface area (Å²) in [5.74, 6) is 0.883. The predicted octanol–water partition coefficient (Wildman–Crippen LogP) is 6.55. The molecule has 0 saturated heterocycles. The maximum absolute atomic E-state index is 6.14. The molecule has 3 aromatic rings. The Morgan fingerprint density at radius 1 is 1.12 bits per heavy atom. The lowest BCUT2D eigenvalue weighted by molar-refractivity contribution is 0.298. The number of benzene rings is 2. The van der Waals surface area contributed by atoms with E-state index in [1.54, 1.807) is 6.07 Å². The van der Waals surface area contributed by atoms with Crippen molar-refractivity contribution in [1.82, 2.24) is 9.55 Å². The maximum Gasteiger partial charge on any atom is 0.125 e. The molecular weight excluding hydrogens is 367 g/mol. The number of unbranched alkanes of at least 4 members (excludes halogenated alkanes) is 1. The van der Waals surface area contributed by atoms with Gasteiger partial charge in [-0.15, -0.1) is 0 Å². The molecule has 3 nitrogen and oxygen atoms in total. The number of nitrogens with zero attached hydrogens (tertiary/aromatic N) is 2. The van der Waals surface area contributed by atoms with Crippen LogP contribution in [0.1, 0.15) is 43.4 Å². The van der Waals surface area contributed by atoms with Crippen LogP contribution in [0.25, 0.3) is 0 Å². The number of hydrogen-bond donors (Lipinski definition) is 0. The zero-order valence-electron chi connectivity index (χ0n) is 14.7. The SMILES string of the molecule is CCCCC(c1ccccc1OCc1ccc(Cl)c(Cl)c1)n1ccnc1. The molecule has 3 rings (SSSR count). The van der Waals surface area contributed by atoms with Crippen molar-refractivity contribution in [3.63, 3.8) is 0 Å². The molecule has 1 aromatic heterocycles. The summed E-state index contributed by atoms with van der Waals surface area (Å²) in [6.45, 7) is 2.65. The highest BCUT2D eigenvalue weighted by molar-refractivity contribution is 6.42. The molecule has 136 valence electrons. The van der Waals surface area contributed by atoms with Gasteiger partial charge in [-0.05, 0) is 30.2 Å². The van der Waals surface area contributed by atoms with E-state index in [9.17, 15) is 0 Å². The molecule has 1 heterocycles. The van der Waals surface area contributed by atoms with Crippen LogP contribution in [-0.2, 0) is 6.61 Å². The van der Waals surface area contributed by atoms with Gasteiger partial charge in [0.15, 0.2) is 0 Å². The summed E-state index contributed by atoms with van der Waals surface area (Å²) in [4.78, 5) is 4.21. The Kier molecular flexibility index (Phi) is 6.59. The standard InChI is InChI=1S/C21H22Cl2N2O/c1-2-3-7-20(25-12-11-24-15-25)17-6-4-5-8-21(17)26-14-16-9-10-18(22)19(23)13-16/h4-6,8-13,15,20H,2-3,7,14H2,1H3. The molecule has 0 aliphatic heterocycles. The van der Waals surface area contributed by atoms with Gasteiger partial charge in [-0.1, -0.05) is 67.2 Å². The zero-order valence-corrected chi connectivity index (χ0v) is 16.2. The molecule has 1 atom stereocenters. The van der Waals surface area contributed by atoms with Crippen LogP contribution >= 0.6 is 23.2 Å². The van der Waals surface area contributed by atoms with E-state index in [0.29, 0.717) is 16.7 Å². The molecule has 1 unspecified atom stereocenters. The largest absolute Gasteiger partial charge is 0.489 e. The van der Waals surface area contributed by atoms with Crippen molar-refractivity contribution in [2.24, 2.45) is 0 Å². The van der Waals surface area contributed by atoms with Gasteiger partial charge in [-0.3, -0.25) is 0 Å². The molecule has 0 amide bonds. The molecule has 0 aliphatic rings. The lowest BCUT2D eigenvalue weighted by Gasteiger charge is -2.22. The monoisotopic (exact) mass is 388 g/mol.